The number of fused-ring (bicyclic) bond motifs is 3. The molecule has 0 aliphatic heterocycles. The van der Waals surface area contributed by atoms with E-state index in [1.54, 1.807) is 42.5 Å². The zero-order valence-corrected chi connectivity index (χ0v) is 22.8. The van der Waals surface area contributed by atoms with E-state index in [0.717, 1.165) is 21.9 Å². The van der Waals surface area contributed by atoms with Crippen LogP contribution in [0.2, 0.25) is 0 Å². The molecule has 7 aromatic rings. The molecule has 0 aliphatic rings. The van der Waals surface area contributed by atoms with Gasteiger partial charge in [-0.05, 0) is 45.2 Å². The maximum atomic E-state index is 11.3. The molecule has 0 fully saturated rings. The lowest BCUT2D eigenvalue weighted by Crippen LogP contribution is -1.94. The van der Waals surface area contributed by atoms with E-state index in [9.17, 15) is 40.9 Å². The summed E-state index contributed by atoms with van der Waals surface area (Å²) < 4.78 is 0. The quantitative estimate of drug-likeness (QED) is 0.0593. The van der Waals surface area contributed by atoms with Crippen LogP contribution in [0.15, 0.2) is 97.1 Å². The Bertz CT molecular complexity index is 2210. The van der Waals surface area contributed by atoms with Crippen LogP contribution in [-0.2, 0) is 0 Å². The summed E-state index contributed by atoms with van der Waals surface area (Å²) >= 11 is 0. The highest BCUT2D eigenvalue weighted by atomic mass is 16.4. The second kappa shape index (κ2) is 9.64. The first-order valence-electron chi connectivity index (χ1n) is 13.6. The van der Waals surface area contributed by atoms with Crippen molar-refractivity contribution in [3.05, 3.63) is 97.1 Å². The van der Waals surface area contributed by atoms with E-state index in [1.807, 2.05) is 54.6 Å². The van der Waals surface area contributed by atoms with Crippen molar-refractivity contribution in [2.75, 3.05) is 0 Å². The Balaban J connectivity index is 1.68. The smallest absolute Gasteiger partial charge is 0.204 e. The monoisotopic (exact) mass is 584 g/mol. The summed E-state index contributed by atoms with van der Waals surface area (Å²) in [7, 11) is 0. The minimum atomic E-state index is -1.00. The molecule has 0 aliphatic carbocycles. The first-order valence-corrected chi connectivity index (χ1v) is 13.6. The van der Waals surface area contributed by atoms with Crippen molar-refractivity contribution in [3.63, 3.8) is 0 Å². The highest BCUT2D eigenvalue weighted by Gasteiger charge is 2.32. The number of phenols is 8. The molecule has 0 unspecified atom stereocenters. The van der Waals surface area contributed by atoms with E-state index in [-0.39, 0.29) is 32.7 Å². The van der Waals surface area contributed by atoms with Crippen molar-refractivity contribution in [2.24, 2.45) is 0 Å². The minimum absolute atomic E-state index is 0.00918. The van der Waals surface area contributed by atoms with Crippen molar-refractivity contribution >= 4 is 32.3 Å². The Morgan fingerprint density at radius 2 is 0.614 bits per heavy atom. The van der Waals surface area contributed by atoms with Gasteiger partial charge in [0, 0.05) is 32.7 Å². The Kier molecular flexibility index (Phi) is 5.83. The topological polar surface area (TPSA) is 162 Å². The van der Waals surface area contributed by atoms with Gasteiger partial charge in [-0.1, -0.05) is 84.9 Å². The first kappa shape index (κ1) is 26.6. The maximum absolute atomic E-state index is 11.3. The third-order valence-electron chi connectivity index (χ3n) is 8.09. The molecule has 216 valence electrons. The lowest BCUT2D eigenvalue weighted by molar-refractivity contribution is 0.350. The average Bonchev–Trinajstić information content (AvgIpc) is 3.06. The molecule has 0 bridgehead atoms. The molecule has 0 spiro atoms. The Labute approximate surface area is 249 Å². The van der Waals surface area contributed by atoms with Crippen LogP contribution >= 0.6 is 0 Å². The van der Waals surface area contributed by atoms with Gasteiger partial charge in [0.25, 0.3) is 0 Å². The van der Waals surface area contributed by atoms with Gasteiger partial charge in [-0.25, -0.2) is 0 Å². The Morgan fingerprint density at radius 3 is 1.05 bits per heavy atom. The summed E-state index contributed by atoms with van der Waals surface area (Å²) in [5.41, 5.74) is 2.76. The summed E-state index contributed by atoms with van der Waals surface area (Å²) in [5.74, 6) is -7.25. The summed E-state index contributed by atoms with van der Waals surface area (Å²) in [4.78, 5) is 0. The number of benzene rings is 7. The summed E-state index contributed by atoms with van der Waals surface area (Å²) in [6, 6.07) is 29.2. The number of phenolic OH excluding ortho intramolecular Hbond substituents is 8. The molecule has 44 heavy (non-hydrogen) atoms. The number of rotatable bonds is 3. The molecule has 8 nitrogen and oxygen atoms in total. The van der Waals surface area contributed by atoms with Gasteiger partial charge in [0.1, 0.15) is 0 Å². The molecule has 0 aromatic heterocycles. The number of aromatic hydroxyl groups is 8. The molecular weight excluding hydrogens is 560 g/mol. The van der Waals surface area contributed by atoms with Crippen LogP contribution in [0.5, 0.6) is 46.0 Å². The fourth-order valence-electron chi connectivity index (χ4n) is 6.01. The summed E-state index contributed by atoms with van der Waals surface area (Å²) in [6.45, 7) is 0. The SMILES string of the molecule is Oc1c(O)c(O)c2c(-c3ccc4cc(-c5ccccc5)ccc4c3)c3c(O)c(O)c(O)c(O)c3c(-c3ccccc3)c2c1O. The summed E-state index contributed by atoms with van der Waals surface area (Å²) in [5, 5.41) is 88.6. The Hall–Kier alpha value is -6.28. The molecule has 0 saturated heterocycles. The van der Waals surface area contributed by atoms with E-state index >= 15 is 0 Å². The second-order valence-electron chi connectivity index (χ2n) is 10.5. The van der Waals surface area contributed by atoms with Gasteiger partial charge in [-0.3, -0.25) is 0 Å². The molecule has 0 atom stereocenters. The van der Waals surface area contributed by atoms with Crippen molar-refractivity contribution in [1.82, 2.24) is 0 Å². The fraction of sp³-hybridized carbons (Fsp3) is 0. The first-order chi connectivity index (χ1) is 21.2. The van der Waals surface area contributed by atoms with Crippen LogP contribution in [0.4, 0.5) is 0 Å². The van der Waals surface area contributed by atoms with Crippen LogP contribution in [0.25, 0.3) is 65.7 Å². The Morgan fingerprint density at radius 1 is 0.273 bits per heavy atom. The van der Waals surface area contributed by atoms with Crippen molar-refractivity contribution in [1.29, 1.82) is 0 Å². The predicted octanol–water partition coefficient (Wildman–Crippen LogP) is 7.79. The van der Waals surface area contributed by atoms with E-state index < -0.39 is 46.0 Å². The molecule has 0 heterocycles. The van der Waals surface area contributed by atoms with Crippen LogP contribution < -0.4 is 0 Å². The van der Waals surface area contributed by atoms with Crippen LogP contribution in [0, 0.1) is 0 Å². The van der Waals surface area contributed by atoms with Crippen molar-refractivity contribution < 1.29 is 40.9 Å². The van der Waals surface area contributed by atoms with E-state index in [2.05, 4.69) is 0 Å². The van der Waals surface area contributed by atoms with Crippen LogP contribution in [0.3, 0.4) is 0 Å². The molecule has 0 radical (unpaired) electrons. The second-order valence-corrected chi connectivity index (χ2v) is 10.5. The molecule has 8 heteroatoms. The molecule has 0 amide bonds. The molecular formula is C36H24O8. The van der Waals surface area contributed by atoms with E-state index in [1.165, 1.54) is 0 Å². The van der Waals surface area contributed by atoms with Crippen molar-refractivity contribution in [2.45, 2.75) is 0 Å². The maximum Gasteiger partial charge on any atom is 0.204 e. The highest BCUT2D eigenvalue weighted by molar-refractivity contribution is 6.29. The van der Waals surface area contributed by atoms with Gasteiger partial charge in [0.05, 0.1) is 0 Å². The van der Waals surface area contributed by atoms with Gasteiger partial charge in [0.2, 0.25) is 23.0 Å². The van der Waals surface area contributed by atoms with Crippen molar-refractivity contribution in [3.8, 4) is 79.4 Å². The lowest BCUT2D eigenvalue weighted by Gasteiger charge is -2.22. The molecule has 8 N–H and O–H groups in total. The van der Waals surface area contributed by atoms with E-state index in [0.29, 0.717) is 11.1 Å². The van der Waals surface area contributed by atoms with Gasteiger partial charge < -0.3 is 40.9 Å². The van der Waals surface area contributed by atoms with Crippen LogP contribution in [0.1, 0.15) is 0 Å². The predicted molar refractivity (Wildman–Crippen MR) is 169 cm³/mol. The normalized spacial score (nSPS) is 11.5. The van der Waals surface area contributed by atoms with Gasteiger partial charge >= 0.3 is 0 Å². The zero-order valence-electron chi connectivity index (χ0n) is 22.8. The third kappa shape index (κ3) is 3.71. The minimum Gasteiger partial charge on any atom is -0.504 e. The third-order valence-corrected chi connectivity index (χ3v) is 8.09. The number of hydrogen-bond donors (Lipinski definition) is 8. The number of hydrogen-bond acceptors (Lipinski definition) is 8. The molecule has 7 aromatic carbocycles. The zero-order chi connectivity index (χ0) is 30.9. The molecule has 7 rings (SSSR count). The largest absolute Gasteiger partial charge is 0.504 e. The standard InChI is InChI=1S/C36H24O8/c37-29-25-23(18-9-5-2-6-10-18)26-28(32(40)36(44)34(42)30(26)38)24(27(25)31(39)35(43)33(29)41)22-14-13-20-15-19(11-12-21(20)16-22)17-7-3-1-4-8-17/h1-16,37-44H. The van der Waals surface area contributed by atoms with Gasteiger partial charge in [-0.15, -0.1) is 0 Å². The van der Waals surface area contributed by atoms with Gasteiger partial charge in [0.15, 0.2) is 23.0 Å². The highest BCUT2D eigenvalue weighted by Crippen LogP contribution is 2.61. The van der Waals surface area contributed by atoms with Gasteiger partial charge in [-0.2, -0.15) is 0 Å². The van der Waals surface area contributed by atoms with E-state index in [4.69, 9.17) is 0 Å². The molecule has 0 saturated carbocycles. The summed E-state index contributed by atoms with van der Waals surface area (Å²) in [6.07, 6.45) is 0. The average molecular weight is 585 g/mol. The van der Waals surface area contributed by atoms with Crippen LogP contribution in [-0.4, -0.2) is 40.9 Å². The lowest BCUT2D eigenvalue weighted by atomic mass is 9.83. The fourth-order valence-corrected chi connectivity index (χ4v) is 6.01.